The Bertz CT molecular complexity index is 632. The van der Waals surface area contributed by atoms with E-state index in [0.717, 1.165) is 5.39 Å². The van der Waals surface area contributed by atoms with Crippen LogP contribution in [0.4, 0.5) is 5.82 Å². The Morgan fingerprint density at radius 1 is 1.30 bits per heavy atom. The minimum atomic E-state index is -0.733. The van der Waals surface area contributed by atoms with Gasteiger partial charge in [0.15, 0.2) is 5.65 Å². The molecule has 20 heavy (non-hydrogen) atoms. The highest BCUT2D eigenvalue weighted by atomic mass is 16.5. The fourth-order valence-electron chi connectivity index (χ4n) is 1.83. The Hall–Kier alpha value is -2.18. The summed E-state index contributed by atoms with van der Waals surface area (Å²) in [5, 5.41) is 10.8. The molecular weight excluding hydrogens is 258 g/mol. The summed E-state index contributed by atoms with van der Waals surface area (Å²) in [5.41, 5.74) is -0.657. The van der Waals surface area contributed by atoms with Crippen molar-refractivity contribution in [2.75, 3.05) is 12.4 Å². The summed E-state index contributed by atoms with van der Waals surface area (Å²) in [7, 11) is 1.39. The van der Waals surface area contributed by atoms with E-state index in [1.807, 2.05) is 27.7 Å². The van der Waals surface area contributed by atoms with E-state index in [0.29, 0.717) is 11.5 Å². The molecule has 2 rings (SSSR count). The van der Waals surface area contributed by atoms with E-state index in [1.165, 1.54) is 13.4 Å². The highest BCUT2D eigenvalue weighted by Gasteiger charge is 2.44. The maximum Gasteiger partial charge on any atom is 0.313 e. The minimum Gasteiger partial charge on any atom is -0.469 e. The fraction of sp³-hybridized carbons (Fsp3) is 0.538. The number of carbonyl (C=O) groups excluding carboxylic acids is 1. The average molecular weight is 277 g/mol. The van der Waals surface area contributed by atoms with Crippen LogP contribution in [0.2, 0.25) is 0 Å². The van der Waals surface area contributed by atoms with Gasteiger partial charge in [0.05, 0.1) is 24.1 Å². The number of aromatic amines is 1. The summed E-state index contributed by atoms with van der Waals surface area (Å²) in [5.74, 6) is 0.346. The molecule has 0 fully saturated rings. The first-order chi connectivity index (χ1) is 9.29. The maximum atomic E-state index is 12.0. The standard InChI is InChI=1S/C13H19N5O2/c1-12(2,11(19)20-5)13(3,4)17-9-8-6-16-18-10(8)15-7-14-9/h6-7H,1-5H3,(H2,14,15,16,17,18). The monoisotopic (exact) mass is 277 g/mol. The highest BCUT2D eigenvalue weighted by Crippen LogP contribution is 2.35. The number of nitrogens with one attached hydrogen (secondary N) is 2. The molecule has 0 bridgehead atoms. The summed E-state index contributed by atoms with van der Waals surface area (Å²) in [6.07, 6.45) is 3.10. The van der Waals surface area contributed by atoms with Gasteiger partial charge in [0.25, 0.3) is 0 Å². The lowest BCUT2D eigenvalue weighted by atomic mass is 9.74. The molecule has 0 radical (unpaired) electrons. The van der Waals surface area contributed by atoms with Gasteiger partial charge in [-0.3, -0.25) is 9.89 Å². The van der Waals surface area contributed by atoms with Crippen LogP contribution in [-0.2, 0) is 9.53 Å². The van der Waals surface area contributed by atoms with Crippen molar-refractivity contribution in [3.05, 3.63) is 12.5 Å². The largest absolute Gasteiger partial charge is 0.469 e. The maximum absolute atomic E-state index is 12.0. The Morgan fingerprint density at radius 2 is 2.00 bits per heavy atom. The summed E-state index contributed by atoms with van der Waals surface area (Å²) in [6, 6.07) is 0. The molecule has 7 nitrogen and oxygen atoms in total. The number of H-pyrrole nitrogens is 1. The molecule has 0 aromatic carbocycles. The van der Waals surface area contributed by atoms with E-state index >= 15 is 0 Å². The SMILES string of the molecule is COC(=O)C(C)(C)C(C)(C)Nc1ncnc2[nH]ncc12. The third-order valence-corrected chi connectivity index (χ3v) is 3.94. The molecule has 7 heteroatoms. The van der Waals surface area contributed by atoms with Gasteiger partial charge < -0.3 is 10.1 Å². The van der Waals surface area contributed by atoms with Crippen molar-refractivity contribution in [3.8, 4) is 0 Å². The van der Waals surface area contributed by atoms with Gasteiger partial charge in [0.1, 0.15) is 12.1 Å². The second-order valence-corrected chi connectivity index (χ2v) is 5.72. The van der Waals surface area contributed by atoms with Gasteiger partial charge in [0, 0.05) is 5.54 Å². The summed E-state index contributed by atoms with van der Waals surface area (Å²) in [6.45, 7) is 7.52. The number of methoxy groups -OCH3 is 1. The second-order valence-electron chi connectivity index (χ2n) is 5.72. The van der Waals surface area contributed by atoms with Gasteiger partial charge >= 0.3 is 5.97 Å². The number of hydrogen-bond donors (Lipinski definition) is 2. The molecule has 108 valence electrons. The molecule has 0 unspecified atom stereocenters. The third kappa shape index (κ3) is 2.19. The van der Waals surface area contributed by atoms with E-state index in [2.05, 4.69) is 25.5 Å². The van der Waals surface area contributed by atoms with Crippen molar-refractivity contribution in [2.45, 2.75) is 33.2 Å². The molecule has 2 heterocycles. The van der Waals surface area contributed by atoms with Crippen molar-refractivity contribution >= 4 is 22.8 Å². The van der Waals surface area contributed by atoms with Gasteiger partial charge in [-0.15, -0.1) is 0 Å². The average Bonchev–Trinajstić information content (AvgIpc) is 2.86. The lowest BCUT2D eigenvalue weighted by molar-refractivity contribution is -0.153. The van der Waals surface area contributed by atoms with Crippen LogP contribution < -0.4 is 5.32 Å². The van der Waals surface area contributed by atoms with Crippen molar-refractivity contribution in [1.82, 2.24) is 20.2 Å². The van der Waals surface area contributed by atoms with E-state index < -0.39 is 11.0 Å². The van der Waals surface area contributed by atoms with Crippen LogP contribution in [0.1, 0.15) is 27.7 Å². The van der Waals surface area contributed by atoms with Gasteiger partial charge in [-0.25, -0.2) is 9.97 Å². The molecule has 2 aromatic rings. The topological polar surface area (TPSA) is 92.8 Å². The minimum absolute atomic E-state index is 0.285. The first-order valence-electron chi connectivity index (χ1n) is 6.30. The molecule has 2 aromatic heterocycles. The van der Waals surface area contributed by atoms with Gasteiger partial charge in [0.2, 0.25) is 0 Å². The Kier molecular flexibility index (Phi) is 3.37. The van der Waals surface area contributed by atoms with Crippen LogP contribution in [0.3, 0.4) is 0 Å². The number of esters is 1. The number of ether oxygens (including phenoxy) is 1. The Labute approximate surface area is 117 Å². The van der Waals surface area contributed by atoms with E-state index in [9.17, 15) is 4.79 Å². The highest BCUT2D eigenvalue weighted by molar-refractivity contribution is 5.86. The van der Waals surface area contributed by atoms with Gasteiger partial charge in [-0.05, 0) is 27.7 Å². The van der Waals surface area contributed by atoms with E-state index in [-0.39, 0.29) is 5.97 Å². The lowest BCUT2D eigenvalue weighted by Crippen LogP contribution is -2.51. The summed E-state index contributed by atoms with van der Waals surface area (Å²) >= 11 is 0. The Morgan fingerprint density at radius 3 is 2.65 bits per heavy atom. The zero-order valence-corrected chi connectivity index (χ0v) is 12.3. The molecule has 0 aliphatic carbocycles. The van der Waals surface area contributed by atoms with Crippen LogP contribution in [0.15, 0.2) is 12.5 Å². The molecule has 0 aliphatic rings. The smallest absolute Gasteiger partial charge is 0.313 e. The predicted molar refractivity (Wildman–Crippen MR) is 75.2 cm³/mol. The molecule has 0 aliphatic heterocycles. The second kappa shape index (κ2) is 4.73. The summed E-state index contributed by atoms with van der Waals surface area (Å²) in [4.78, 5) is 20.3. The van der Waals surface area contributed by atoms with Crippen molar-refractivity contribution < 1.29 is 9.53 Å². The Balaban J connectivity index is 2.37. The molecule has 0 amide bonds. The molecule has 0 spiro atoms. The molecule has 0 saturated heterocycles. The molecule has 0 saturated carbocycles. The van der Waals surface area contributed by atoms with Crippen LogP contribution in [0, 0.1) is 5.41 Å². The number of aromatic nitrogens is 4. The van der Waals surface area contributed by atoms with Crippen LogP contribution in [0.25, 0.3) is 11.0 Å². The van der Waals surface area contributed by atoms with Crippen molar-refractivity contribution in [1.29, 1.82) is 0 Å². The van der Waals surface area contributed by atoms with Crippen LogP contribution >= 0.6 is 0 Å². The number of hydrogen-bond acceptors (Lipinski definition) is 6. The number of anilines is 1. The molecular formula is C13H19N5O2. The van der Waals surface area contributed by atoms with E-state index in [1.54, 1.807) is 6.20 Å². The van der Waals surface area contributed by atoms with E-state index in [4.69, 9.17) is 4.74 Å². The first-order valence-corrected chi connectivity index (χ1v) is 6.30. The quantitative estimate of drug-likeness (QED) is 0.827. The number of fused-ring (bicyclic) bond motifs is 1. The zero-order valence-electron chi connectivity index (χ0n) is 12.3. The third-order valence-electron chi connectivity index (χ3n) is 3.94. The number of rotatable bonds is 4. The number of nitrogens with zero attached hydrogens (tertiary/aromatic N) is 3. The van der Waals surface area contributed by atoms with Crippen molar-refractivity contribution in [2.24, 2.45) is 5.41 Å². The normalized spacial score (nSPS) is 12.4. The summed E-state index contributed by atoms with van der Waals surface area (Å²) < 4.78 is 4.88. The molecule has 0 atom stereocenters. The van der Waals surface area contributed by atoms with Gasteiger partial charge in [-0.2, -0.15) is 5.10 Å². The number of carbonyl (C=O) groups is 1. The molecule has 2 N–H and O–H groups in total. The fourth-order valence-corrected chi connectivity index (χ4v) is 1.83. The van der Waals surface area contributed by atoms with Crippen molar-refractivity contribution in [3.63, 3.8) is 0 Å². The lowest BCUT2D eigenvalue weighted by Gasteiger charge is -2.40. The first kappa shape index (κ1) is 14.2. The predicted octanol–water partition coefficient (Wildman–Crippen LogP) is 1.74. The van der Waals surface area contributed by atoms with Gasteiger partial charge in [-0.1, -0.05) is 0 Å². The van der Waals surface area contributed by atoms with Crippen LogP contribution in [0.5, 0.6) is 0 Å². The zero-order chi connectivity index (χ0) is 15.0. The van der Waals surface area contributed by atoms with Crippen LogP contribution in [-0.4, -0.2) is 38.8 Å².